The summed E-state index contributed by atoms with van der Waals surface area (Å²) in [6.45, 7) is 4.58. The van der Waals surface area contributed by atoms with Crippen LogP contribution < -0.4 is 0 Å². The van der Waals surface area contributed by atoms with Crippen LogP contribution in [-0.4, -0.2) is 60.1 Å². The van der Waals surface area contributed by atoms with Gasteiger partial charge in [-0.15, -0.1) is 0 Å². The highest BCUT2D eigenvalue weighted by atomic mass is 32.2. The Morgan fingerprint density at radius 3 is 2.54 bits per heavy atom. The van der Waals surface area contributed by atoms with E-state index in [4.69, 9.17) is 9.94 Å². The molecule has 0 aromatic rings. The van der Waals surface area contributed by atoms with Gasteiger partial charge in [-0.3, -0.25) is 4.79 Å². The van der Waals surface area contributed by atoms with Gasteiger partial charge in [0, 0.05) is 37.8 Å². The highest BCUT2D eigenvalue weighted by Gasteiger charge is 2.65. The highest BCUT2D eigenvalue weighted by molar-refractivity contribution is 7.89. The van der Waals surface area contributed by atoms with E-state index in [-0.39, 0.29) is 48.3 Å². The maximum atomic E-state index is 13.2. The normalized spacial score (nSPS) is 33.7. The van der Waals surface area contributed by atoms with Crippen molar-refractivity contribution in [2.45, 2.75) is 58.0 Å². The molecular formula is C18H26N2O7S. The second-order valence-corrected chi connectivity index (χ2v) is 11.1. The number of nitrogens with zero attached hydrogens (tertiary/aromatic N) is 2. The molecule has 2 saturated carbocycles. The fraction of sp³-hybridized carbons (Fsp3) is 0.833. The number of hydrogen-bond acceptors (Lipinski definition) is 7. The number of piperidine rings is 1. The monoisotopic (exact) mass is 414 g/mol. The number of sulfonamides is 1. The number of fused-ring (bicyclic) bond motifs is 2. The van der Waals surface area contributed by atoms with Gasteiger partial charge in [-0.1, -0.05) is 19.0 Å². The van der Waals surface area contributed by atoms with Gasteiger partial charge in [0.25, 0.3) is 0 Å². The van der Waals surface area contributed by atoms with Crippen molar-refractivity contribution in [1.29, 1.82) is 0 Å². The van der Waals surface area contributed by atoms with Gasteiger partial charge in [-0.2, -0.15) is 0 Å². The van der Waals surface area contributed by atoms with Crippen LogP contribution in [-0.2, 0) is 24.4 Å². The Morgan fingerprint density at radius 2 is 2.00 bits per heavy atom. The Kier molecular flexibility index (Phi) is 4.32. The highest BCUT2D eigenvalue weighted by Crippen LogP contribution is 2.64. The predicted octanol–water partition coefficient (Wildman–Crippen LogP) is 1.97. The van der Waals surface area contributed by atoms with Gasteiger partial charge < -0.3 is 14.7 Å². The van der Waals surface area contributed by atoms with Crippen molar-refractivity contribution in [2.75, 3.05) is 18.8 Å². The van der Waals surface area contributed by atoms with E-state index in [0.717, 1.165) is 6.42 Å². The minimum atomic E-state index is -3.60. The molecule has 156 valence electrons. The summed E-state index contributed by atoms with van der Waals surface area (Å²) < 4.78 is 32.4. The van der Waals surface area contributed by atoms with Crippen molar-refractivity contribution in [1.82, 2.24) is 4.31 Å². The summed E-state index contributed by atoms with van der Waals surface area (Å²) in [6, 6.07) is 0. The van der Waals surface area contributed by atoms with Gasteiger partial charge in [0.2, 0.25) is 15.9 Å². The number of ether oxygens (including phenoxy) is 1. The Hall–Kier alpha value is -1.68. The van der Waals surface area contributed by atoms with Gasteiger partial charge in [-0.25, -0.2) is 17.5 Å². The molecule has 9 nitrogen and oxygen atoms in total. The van der Waals surface area contributed by atoms with Gasteiger partial charge >= 0.3 is 6.16 Å². The first kappa shape index (κ1) is 19.6. The lowest BCUT2D eigenvalue weighted by molar-refractivity contribution is -0.128. The fourth-order valence-corrected chi connectivity index (χ4v) is 7.82. The van der Waals surface area contributed by atoms with Crippen LogP contribution in [0.2, 0.25) is 0 Å². The number of Topliss-reactive ketones (excluding diaryl/α,β-unsaturated/α-hetero) is 1. The molecule has 1 N–H and O–H groups in total. The summed E-state index contributed by atoms with van der Waals surface area (Å²) in [6.07, 6.45) is 1.61. The zero-order chi connectivity index (χ0) is 20.4. The van der Waals surface area contributed by atoms with Crippen LogP contribution in [0.4, 0.5) is 4.79 Å². The van der Waals surface area contributed by atoms with Crippen molar-refractivity contribution in [2.24, 2.45) is 21.9 Å². The second kappa shape index (κ2) is 6.16. The van der Waals surface area contributed by atoms with Crippen LogP contribution in [0.15, 0.2) is 5.16 Å². The molecule has 0 radical (unpaired) electrons. The number of rotatable bonds is 3. The molecule has 2 unspecified atom stereocenters. The lowest BCUT2D eigenvalue weighted by atomic mass is 9.70. The van der Waals surface area contributed by atoms with Crippen molar-refractivity contribution < 1.29 is 32.7 Å². The van der Waals surface area contributed by atoms with Crippen molar-refractivity contribution in [3.8, 4) is 0 Å². The molecule has 2 aliphatic carbocycles. The van der Waals surface area contributed by atoms with Gasteiger partial charge in [0.05, 0.1) is 12.2 Å². The Labute approximate surface area is 164 Å². The van der Waals surface area contributed by atoms with E-state index in [0.29, 0.717) is 25.7 Å². The van der Waals surface area contributed by atoms with Crippen LogP contribution in [0.1, 0.15) is 52.4 Å². The lowest BCUT2D eigenvalue weighted by Crippen LogP contribution is -2.51. The van der Waals surface area contributed by atoms with Crippen molar-refractivity contribution in [3.05, 3.63) is 0 Å². The van der Waals surface area contributed by atoms with Gasteiger partial charge in [-0.05, 0) is 24.2 Å². The molecular weight excluding hydrogens is 388 g/mol. The van der Waals surface area contributed by atoms with E-state index < -0.39 is 27.2 Å². The fourth-order valence-electron chi connectivity index (χ4n) is 5.59. The molecule has 3 fully saturated rings. The summed E-state index contributed by atoms with van der Waals surface area (Å²) in [5, 5.41) is 12.4. The zero-order valence-electron chi connectivity index (χ0n) is 16.1. The first-order valence-electron chi connectivity index (χ1n) is 9.67. The van der Waals surface area contributed by atoms with E-state index in [1.807, 2.05) is 13.8 Å². The minimum Gasteiger partial charge on any atom is -0.449 e. The maximum Gasteiger partial charge on any atom is 0.512 e. The van der Waals surface area contributed by atoms with E-state index in [9.17, 15) is 18.0 Å². The quantitative estimate of drug-likeness (QED) is 0.701. The Bertz CT molecular complexity index is 842. The topological polar surface area (TPSA) is 123 Å². The molecule has 1 saturated heterocycles. The molecule has 0 amide bonds. The van der Waals surface area contributed by atoms with E-state index in [2.05, 4.69) is 9.89 Å². The zero-order valence-corrected chi connectivity index (χ0v) is 17.0. The molecule has 0 aromatic carbocycles. The van der Waals surface area contributed by atoms with Crippen LogP contribution in [0.25, 0.3) is 0 Å². The Balaban J connectivity index is 1.42. The first-order chi connectivity index (χ1) is 13.0. The van der Waals surface area contributed by atoms with Crippen LogP contribution >= 0.6 is 0 Å². The number of carbonyl (C=O) groups is 2. The Morgan fingerprint density at radius 1 is 1.32 bits per heavy atom. The second-order valence-electron chi connectivity index (χ2n) is 9.13. The van der Waals surface area contributed by atoms with E-state index >= 15 is 0 Å². The summed E-state index contributed by atoms with van der Waals surface area (Å²) in [4.78, 5) is 28.7. The summed E-state index contributed by atoms with van der Waals surface area (Å²) in [5.74, 6) is 0.239. The minimum absolute atomic E-state index is 0.00186. The molecule has 2 bridgehead atoms. The van der Waals surface area contributed by atoms with E-state index in [1.54, 1.807) is 0 Å². The van der Waals surface area contributed by atoms with Crippen LogP contribution in [0.5, 0.6) is 0 Å². The standard InChI is InChI=1S/C18H26N2O7S/c1-16(2)12-3-4-18(16,13(21)9-12)11-28(24,25)20-7-5-17(6-8-20)10-14(19-27-17)26-15(22)23/h12H,3-11H2,1-2H3,(H,22,23). The number of carbonyl (C=O) groups excluding carboxylic acids is 1. The largest absolute Gasteiger partial charge is 0.512 e. The van der Waals surface area contributed by atoms with Crippen molar-refractivity contribution >= 4 is 27.9 Å². The summed E-state index contributed by atoms with van der Waals surface area (Å²) in [7, 11) is -3.60. The summed E-state index contributed by atoms with van der Waals surface area (Å²) >= 11 is 0. The number of carboxylic acid groups (broad SMARTS) is 1. The summed E-state index contributed by atoms with van der Waals surface area (Å²) in [5.41, 5.74) is -1.78. The van der Waals surface area contributed by atoms with Crippen molar-refractivity contribution in [3.63, 3.8) is 0 Å². The third-order valence-corrected chi connectivity index (χ3v) is 9.62. The third-order valence-electron chi connectivity index (χ3n) is 7.61. The molecule has 2 aliphatic heterocycles. The lowest BCUT2D eigenvalue weighted by Gasteiger charge is -2.40. The maximum absolute atomic E-state index is 13.2. The smallest absolute Gasteiger partial charge is 0.449 e. The van der Waals surface area contributed by atoms with Crippen LogP contribution in [0, 0.1) is 16.7 Å². The molecule has 2 heterocycles. The molecule has 0 aromatic heterocycles. The predicted molar refractivity (Wildman–Crippen MR) is 98.1 cm³/mol. The number of hydrogen-bond donors (Lipinski definition) is 1. The molecule has 2 atom stereocenters. The molecule has 4 aliphatic rings. The van der Waals surface area contributed by atoms with E-state index in [1.165, 1.54) is 4.31 Å². The molecule has 1 spiro atoms. The first-order valence-corrected chi connectivity index (χ1v) is 11.3. The van der Waals surface area contributed by atoms with Gasteiger partial charge in [0.1, 0.15) is 11.4 Å². The molecule has 4 rings (SSSR count). The average molecular weight is 414 g/mol. The average Bonchev–Trinajstić information content (AvgIpc) is 3.13. The molecule has 28 heavy (non-hydrogen) atoms. The third kappa shape index (κ3) is 2.83. The van der Waals surface area contributed by atoms with Crippen LogP contribution in [0.3, 0.4) is 0 Å². The number of oxime groups is 1. The van der Waals surface area contributed by atoms with Gasteiger partial charge in [0.15, 0.2) is 0 Å². The molecule has 10 heteroatoms. The number of ketones is 1. The SMILES string of the molecule is CC1(C)C2CCC1(CS(=O)(=O)N1CCC3(CC1)CC(OC(=O)O)=NO3)C(=O)C2.